The van der Waals surface area contributed by atoms with Crippen LogP contribution in [0.1, 0.15) is 36.7 Å². The third-order valence-electron chi connectivity index (χ3n) is 2.93. The number of aliphatic hydroxyl groups is 1. The number of hydrogen-bond donors (Lipinski definition) is 2. The summed E-state index contributed by atoms with van der Waals surface area (Å²) in [7, 11) is 0. The summed E-state index contributed by atoms with van der Waals surface area (Å²) >= 11 is 0. The fraction of sp³-hybridized carbons (Fsp3) is 0.467. The van der Waals surface area contributed by atoms with Crippen molar-refractivity contribution in [3.05, 3.63) is 35.4 Å². The quantitative estimate of drug-likeness (QED) is 0.447. The largest absolute Gasteiger partial charge is 0.463 e. The van der Waals surface area contributed by atoms with Gasteiger partial charge in [0.05, 0.1) is 5.56 Å². The molecule has 0 bridgehead atoms. The summed E-state index contributed by atoms with van der Waals surface area (Å²) in [5.41, 5.74) is 0.0847. The standard InChI is InChI=1S/C15H20O7/c1-10(16)20-8-13(17)9-21-14(18)11-4-6-12(7-5-11)15(2,3)22-19/h4-7,13,17,19H,8-9H2,1-3H3. The Hall–Kier alpha value is -1.96. The Morgan fingerprint density at radius 1 is 1.14 bits per heavy atom. The molecule has 1 rings (SSSR count). The molecule has 0 aliphatic heterocycles. The van der Waals surface area contributed by atoms with Crippen LogP contribution in [0.5, 0.6) is 0 Å². The highest BCUT2D eigenvalue weighted by Crippen LogP contribution is 2.23. The second kappa shape index (κ2) is 7.88. The molecule has 0 fully saturated rings. The van der Waals surface area contributed by atoms with Gasteiger partial charge in [0.25, 0.3) is 0 Å². The minimum atomic E-state index is -1.08. The van der Waals surface area contributed by atoms with E-state index in [-0.39, 0.29) is 18.8 Å². The smallest absolute Gasteiger partial charge is 0.338 e. The van der Waals surface area contributed by atoms with E-state index in [1.807, 2.05) is 0 Å². The van der Waals surface area contributed by atoms with Crippen molar-refractivity contribution in [3.8, 4) is 0 Å². The molecule has 1 aromatic rings. The Bertz CT molecular complexity index is 507. The molecule has 0 aliphatic carbocycles. The second-order valence-electron chi connectivity index (χ2n) is 5.23. The van der Waals surface area contributed by atoms with E-state index in [4.69, 9.17) is 9.99 Å². The molecule has 0 aliphatic rings. The summed E-state index contributed by atoms with van der Waals surface area (Å²) in [6.45, 7) is 4.05. The Morgan fingerprint density at radius 2 is 1.68 bits per heavy atom. The van der Waals surface area contributed by atoms with E-state index in [1.165, 1.54) is 19.1 Å². The number of aliphatic hydroxyl groups excluding tert-OH is 1. The molecule has 7 heteroatoms. The van der Waals surface area contributed by atoms with Gasteiger partial charge in [0.1, 0.15) is 24.9 Å². The van der Waals surface area contributed by atoms with E-state index in [9.17, 15) is 14.7 Å². The van der Waals surface area contributed by atoms with Gasteiger partial charge in [0.15, 0.2) is 0 Å². The molecule has 0 spiro atoms. The summed E-state index contributed by atoms with van der Waals surface area (Å²) in [6, 6.07) is 6.30. The van der Waals surface area contributed by atoms with Crippen LogP contribution in [0.15, 0.2) is 24.3 Å². The lowest BCUT2D eigenvalue weighted by Crippen LogP contribution is -2.25. The highest BCUT2D eigenvalue weighted by Gasteiger charge is 2.22. The third kappa shape index (κ3) is 5.44. The van der Waals surface area contributed by atoms with Gasteiger partial charge < -0.3 is 14.6 Å². The van der Waals surface area contributed by atoms with Crippen LogP contribution in [-0.4, -0.2) is 41.6 Å². The van der Waals surface area contributed by atoms with Crippen LogP contribution >= 0.6 is 0 Å². The van der Waals surface area contributed by atoms with Crippen LogP contribution < -0.4 is 0 Å². The van der Waals surface area contributed by atoms with Gasteiger partial charge in [-0.15, -0.1) is 0 Å². The van der Waals surface area contributed by atoms with Gasteiger partial charge in [0.2, 0.25) is 0 Å². The molecule has 22 heavy (non-hydrogen) atoms. The molecule has 122 valence electrons. The lowest BCUT2D eigenvalue weighted by atomic mass is 9.97. The summed E-state index contributed by atoms with van der Waals surface area (Å²) in [4.78, 5) is 26.7. The Morgan fingerprint density at radius 3 is 2.18 bits per heavy atom. The molecule has 0 saturated heterocycles. The zero-order valence-corrected chi connectivity index (χ0v) is 12.7. The lowest BCUT2D eigenvalue weighted by Gasteiger charge is -2.20. The normalized spacial score (nSPS) is 12.6. The van der Waals surface area contributed by atoms with Gasteiger partial charge in [-0.1, -0.05) is 12.1 Å². The average Bonchev–Trinajstić information content (AvgIpc) is 2.50. The second-order valence-corrected chi connectivity index (χ2v) is 5.23. The van der Waals surface area contributed by atoms with Crippen molar-refractivity contribution >= 4 is 11.9 Å². The van der Waals surface area contributed by atoms with Gasteiger partial charge in [-0.25, -0.2) is 9.68 Å². The van der Waals surface area contributed by atoms with Crippen molar-refractivity contribution in [1.29, 1.82) is 0 Å². The fourth-order valence-electron chi connectivity index (χ4n) is 1.58. The zero-order valence-electron chi connectivity index (χ0n) is 12.7. The maximum atomic E-state index is 11.8. The first-order chi connectivity index (χ1) is 10.3. The number of carbonyl (C=O) groups excluding carboxylic acids is 2. The number of ether oxygens (including phenoxy) is 2. The molecule has 1 aromatic carbocycles. The van der Waals surface area contributed by atoms with Gasteiger partial charge >= 0.3 is 11.9 Å². The van der Waals surface area contributed by atoms with Gasteiger partial charge in [-0.05, 0) is 31.5 Å². The van der Waals surface area contributed by atoms with E-state index in [0.29, 0.717) is 5.56 Å². The Kier molecular flexibility index (Phi) is 6.48. The first-order valence-electron chi connectivity index (χ1n) is 6.68. The summed E-state index contributed by atoms with van der Waals surface area (Å²) in [6.07, 6.45) is -1.08. The predicted octanol–water partition coefficient (Wildman–Crippen LogP) is 1.49. The van der Waals surface area contributed by atoms with Gasteiger partial charge in [-0.2, -0.15) is 0 Å². The van der Waals surface area contributed by atoms with Gasteiger partial charge in [-0.3, -0.25) is 10.1 Å². The average molecular weight is 312 g/mol. The summed E-state index contributed by atoms with van der Waals surface area (Å²) < 4.78 is 9.50. The molecule has 1 unspecified atom stereocenters. The fourth-order valence-corrected chi connectivity index (χ4v) is 1.58. The number of hydrogen-bond acceptors (Lipinski definition) is 7. The monoisotopic (exact) mass is 312 g/mol. The Balaban J connectivity index is 2.54. The van der Waals surface area contributed by atoms with Gasteiger partial charge in [0, 0.05) is 6.92 Å². The van der Waals surface area contributed by atoms with Crippen molar-refractivity contribution in [2.45, 2.75) is 32.5 Å². The molecular formula is C15H20O7. The minimum Gasteiger partial charge on any atom is -0.463 e. The number of rotatable bonds is 7. The number of carbonyl (C=O) groups is 2. The molecule has 0 amide bonds. The SMILES string of the molecule is CC(=O)OCC(O)COC(=O)c1ccc(C(C)(C)OO)cc1. The zero-order chi connectivity index (χ0) is 16.8. The van der Waals surface area contributed by atoms with Crippen molar-refractivity contribution in [1.82, 2.24) is 0 Å². The van der Waals surface area contributed by atoms with Crippen LogP contribution in [0.3, 0.4) is 0 Å². The van der Waals surface area contributed by atoms with Crippen LogP contribution in [0, 0.1) is 0 Å². The molecule has 2 N–H and O–H groups in total. The van der Waals surface area contributed by atoms with Crippen LogP contribution in [0.4, 0.5) is 0 Å². The maximum Gasteiger partial charge on any atom is 0.338 e. The Labute approximate surface area is 128 Å². The topological polar surface area (TPSA) is 102 Å². The molecule has 0 saturated carbocycles. The molecule has 0 radical (unpaired) electrons. The van der Waals surface area contributed by atoms with Crippen molar-refractivity contribution < 1.29 is 34.3 Å². The minimum absolute atomic E-state index is 0.233. The molecule has 1 atom stereocenters. The van der Waals surface area contributed by atoms with Crippen LogP contribution in [0.25, 0.3) is 0 Å². The van der Waals surface area contributed by atoms with Crippen molar-refractivity contribution in [3.63, 3.8) is 0 Å². The molecular weight excluding hydrogens is 292 g/mol. The molecule has 0 aromatic heterocycles. The first-order valence-corrected chi connectivity index (χ1v) is 6.68. The van der Waals surface area contributed by atoms with E-state index < -0.39 is 23.6 Å². The van der Waals surface area contributed by atoms with E-state index in [2.05, 4.69) is 9.62 Å². The predicted molar refractivity (Wildman–Crippen MR) is 76.1 cm³/mol. The van der Waals surface area contributed by atoms with E-state index in [0.717, 1.165) is 0 Å². The lowest BCUT2D eigenvalue weighted by molar-refractivity contribution is -0.318. The third-order valence-corrected chi connectivity index (χ3v) is 2.93. The number of benzene rings is 1. The highest BCUT2D eigenvalue weighted by molar-refractivity contribution is 5.89. The van der Waals surface area contributed by atoms with Crippen LogP contribution in [0.2, 0.25) is 0 Å². The van der Waals surface area contributed by atoms with Crippen LogP contribution in [-0.2, 0) is 24.8 Å². The van der Waals surface area contributed by atoms with Crippen molar-refractivity contribution in [2.75, 3.05) is 13.2 Å². The van der Waals surface area contributed by atoms with E-state index >= 15 is 0 Å². The highest BCUT2D eigenvalue weighted by atomic mass is 17.1. The summed E-state index contributed by atoms with van der Waals surface area (Å²) in [5.74, 6) is -1.13. The summed E-state index contributed by atoms with van der Waals surface area (Å²) in [5, 5.41) is 18.3. The first kappa shape index (κ1) is 18.1. The number of esters is 2. The van der Waals surface area contributed by atoms with Crippen molar-refractivity contribution in [2.24, 2.45) is 0 Å². The molecule has 7 nitrogen and oxygen atoms in total. The molecule has 0 heterocycles. The maximum absolute atomic E-state index is 11.8. The van der Waals surface area contributed by atoms with E-state index in [1.54, 1.807) is 26.0 Å².